The third-order valence-electron chi connectivity index (χ3n) is 5.54. The summed E-state index contributed by atoms with van der Waals surface area (Å²) >= 11 is 0. The average molecular weight is 414 g/mol. The van der Waals surface area contributed by atoms with Crippen molar-refractivity contribution in [3.8, 4) is 11.5 Å². The van der Waals surface area contributed by atoms with Gasteiger partial charge in [0.15, 0.2) is 11.5 Å². The standard InChI is InChI=1S/C21H35N3O3.ClH/c1-16(24-13-9-17(10-14-24)7-11-22-2)21(25)23-12-8-18-5-6-19(26-3)20(15-18)27-4;/h5-6,15-17,22H,7-14H2,1-4H3,(H,23,25);1H. The van der Waals surface area contributed by atoms with E-state index in [1.165, 1.54) is 19.3 Å². The second-order valence-corrected chi connectivity index (χ2v) is 7.28. The summed E-state index contributed by atoms with van der Waals surface area (Å²) in [6, 6.07) is 5.80. The van der Waals surface area contributed by atoms with Crippen LogP contribution in [0.5, 0.6) is 11.5 Å². The van der Waals surface area contributed by atoms with E-state index in [4.69, 9.17) is 9.47 Å². The second-order valence-electron chi connectivity index (χ2n) is 7.28. The molecule has 1 saturated heterocycles. The lowest BCUT2D eigenvalue weighted by atomic mass is 9.93. The van der Waals surface area contributed by atoms with Crippen LogP contribution in [0.1, 0.15) is 31.7 Å². The SMILES string of the molecule is CNCCC1CCN(C(C)C(=O)NCCc2ccc(OC)c(OC)c2)CC1.Cl. The number of rotatable bonds is 10. The Morgan fingerprint density at radius 3 is 2.46 bits per heavy atom. The number of nitrogens with one attached hydrogen (secondary N) is 2. The quantitative estimate of drug-likeness (QED) is 0.617. The molecule has 0 aromatic heterocycles. The monoisotopic (exact) mass is 413 g/mol. The van der Waals surface area contributed by atoms with Crippen LogP contribution in [0.2, 0.25) is 0 Å². The minimum atomic E-state index is -0.0688. The van der Waals surface area contributed by atoms with Crippen molar-refractivity contribution in [3.63, 3.8) is 0 Å². The molecule has 1 fully saturated rings. The van der Waals surface area contributed by atoms with E-state index in [0.29, 0.717) is 6.54 Å². The van der Waals surface area contributed by atoms with E-state index >= 15 is 0 Å². The maximum atomic E-state index is 12.5. The lowest BCUT2D eigenvalue weighted by Gasteiger charge is -2.35. The van der Waals surface area contributed by atoms with Gasteiger partial charge >= 0.3 is 0 Å². The smallest absolute Gasteiger partial charge is 0.237 e. The predicted octanol–water partition coefficient (Wildman–Crippen LogP) is 2.49. The number of amides is 1. The van der Waals surface area contributed by atoms with Crippen LogP contribution in [-0.4, -0.2) is 64.3 Å². The van der Waals surface area contributed by atoms with Crippen LogP contribution in [0, 0.1) is 5.92 Å². The number of piperidine rings is 1. The number of benzene rings is 1. The lowest BCUT2D eigenvalue weighted by molar-refractivity contribution is -0.126. The Labute approximate surface area is 175 Å². The summed E-state index contributed by atoms with van der Waals surface area (Å²) in [5.41, 5.74) is 1.12. The van der Waals surface area contributed by atoms with Crippen LogP contribution in [0.15, 0.2) is 18.2 Å². The number of hydrogen-bond acceptors (Lipinski definition) is 5. The fraction of sp³-hybridized carbons (Fsp3) is 0.667. The van der Waals surface area contributed by atoms with Crippen molar-refractivity contribution in [1.82, 2.24) is 15.5 Å². The molecule has 0 bridgehead atoms. The Morgan fingerprint density at radius 2 is 1.86 bits per heavy atom. The third kappa shape index (κ3) is 7.15. The molecule has 28 heavy (non-hydrogen) atoms. The van der Waals surface area contributed by atoms with E-state index in [2.05, 4.69) is 15.5 Å². The fourth-order valence-electron chi connectivity index (χ4n) is 3.66. The first-order valence-corrected chi connectivity index (χ1v) is 9.96. The molecule has 1 aliphatic rings. The lowest BCUT2D eigenvalue weighted by Crippen LogP contribution is -2.48. The van der Waals surface area contributed by atoms with E-state index in [-0.39, 0.29) is 24.4 Å². The minimum absolute atomic E-state index is 0. The highest BCUT2D eigenvalue weighted by molar-refractivity contribution is 5.85. The molecule has 1 aliphatic heterocycles. The maximum absolute atomic E-state index is 12.5. The molecule has 0 saturated carbocycles. The number of ether oxygens (including phenoxy) is 2. The Hall–Kier alpha value is -1.50. The van der Waals surface area contributed by atoms with Crippen molar-refractivity contribution in [1.29, 1.82) is 0 Å². The van der Waals surface area contributed by atoms with Gasteiger partial charge in [0, 0.05) is 6.54 Å². The summed E-state index contributed by atoms with van der Waals surface area (Å²) in [4.78, 5) is 14.8. The van der Waals surface area contributed by atoms with Gasteiger partial charge in [-0.3, -0.25) is 9.69 Å². The first kappa shape index (κ1) is 24.5. The molecule has 1 aromatic rings. The van der Waals surface area contributed by atoms with Crippen LogP contribution in [0.3, 0.4) is 0 Å². The molecule has 1 atom stereocenters. The second kappa shape index (κ2) is 12.9. The van der Waals surface area contributed by atoms with Gasteiger partial charge in [-0.25, -0.2) is 0 Å². The number of likely N-dealkylation sites (tertiary alicyclic amines) is 1. The Morgan fingerprint density at radius 1 is 1.18 bits per heavy atom. The fourth-order valence-corrected chi connectivity index (χ4v) is 3.66. The topological polar surface area (TPSA) is 62.8 Å². The number of methoxy groups -OCH3 is 2. The normalized spacial score (nSPS) is 16.1. The molecule has 1 amide bonds. The van der Waals surface area contributed by atoms with Crippen LogP contribution in [-0.2, 0) is 11.2 Å². The van der Waals surface area contributed by atoms with Crippen molar-refractivity contribution in [2.45, 2.75) is 38.6 Å². The van der Waals surface area contributed by atoms with Crippen molar-refractivity contribution in [3.05, 3.63) is 23.8 Å². The van der Waals surface area contributed by atoms with Gasteiger partial charge in [-0.2, -0.15) is 0 Å². The first-order valence-electron chi connectivity index (χ1n) is 9.96. The predicted molar refractivity (Wildman–Crippen MR) is 116 cm³/mol. The van der Waals surface area contributed by atoms with Gasteiger partial charge in [0.2, 0.25) is 5.91 Å². The molecule has 2 N–H and O–H groups in total. The first-order chi connectivity index (χ1) is 13.1. The minimum Gasteiger partial charge on any atom is -0.493 e. The maximum Gasteiger partial charge on any atom is 0.237 e. The highest BCUT2D eigenvalue weighted by Gasteiger charge is 2.26. The van der Waals surface area contributed by atoms with E-state index < -0.39 is 0 Å². The molecule has 0 radical (unpaired) electrons. The molecular formula is C21H36ClN3O3. The molecular weight excluding hydrogens is 378 g/mol. The number of halogens is 1. The average Bonchev–Trinajstić information content (AvgIpc) is 2.71. The zero-order valence-corrected chi connectivity index (χ0v) is 18.4. The molecule has 1 unspecified atom stereocenters. The number of nitrogens with zero attached hydrogens (tertiary/aromatic N) is 1. The van der Waals surface area contributed by atoms with Gasteiger partial charge in [0.25, 0.3) is 0 Å². The summed E-state index contributed by atoms with van der Waals surface area (Å²) in [6.45, 7) is 5.74. The summed E-state index contributed by atoms with van der Waals surface area (Å²) < 4.78 is 10.6. The van der Waals surface area contributed by atoms with Crippen molar-refractivity contribution in [2.24, 2.45) is 5.92 Å². The van der Waals surface area contributed by atoms with Gasteiger partial charge in [-0.1, -0.05) is 6.07 Å². The molecule has 0 spiro atoms. The Kier molecular flexibility index (Phi) is 11.3. The van der Waals surface area contributed by atoms with Gasteiger partial charge in [-0.05, 0) is 82.9 Å². The molecule has 0 aliphatic carbocycles. The van der Waals surface area contributed by atoms with Crippen LogP contribution >= 0.6 is 12.4 Å². The van der Waals surface area contributed by atoms with E-state index in [1.54, 1.807) is 14.2 Å². The molecule has 6 nitrogen and oxygen atoms in total. The van der Waals surface area contributed by atoms with Crippen LogP contribution < -0.4 is 20.1 Å². The van der Waals surface area contributed by atoms with Crippen LogP contribution in [0.25, 0.3) is 0 Å². The summed E-state index contributed by atoms with van der Waals surface area (Å²) in [5, 5.41) is 6.30. The zero-order valence-electron chi connectivity index (χ0n) is 17.6. The number of hydrogen-bond donors (Lipinski definition) is 2. The Balaban J connectivity index is 0.00000392. The van der Waals surface area contributed by atoms with E-state index in [1.807, 2.05) is 32.2 Å². The number of carbonyl (C=O) groups is 1. The molecule has 2 rings (SSSR count). The van der Waals surface area contributed by atoms with Gasteiger partial charge in [0.1, 0.15) is 0 Å². The summed E-state index contributed by atoms with van der Waals surface area (Å²) in [6.07, 6.45) is 4.37. The van der Waals surface area contributed by atoms with Crippen LogP contribution in [0.4, 0.5) is 0 Å². The highest BCUT2D eigenvalue weighted by atomic mass is 35.5. The largest absolute Gasteiger partial charge is 0.493 e. The molecule has 1 heterocycles. The van der Waals surface area contributed by atoms with Crippen molar-refractivity contribution >= 4 is 18.3 Å². The molecule has 1 aromatic carbocycles. The van der Waals surface area contributed by atoms with E-state index in [0.717, 1.165) is 49.0 Å². The van der Waals surface area contributed by atoms with Crippen molar-refractivity contribution in [2.75, 3.05) is 47.4 Å². The van der Waals surface area contributed by atoms with Gasteiger partial charge < -0.3 is 20.1 Å². The number of carbonyl (C=O) groups excluding carboxylic acids is 1. The van der Waals surface area contributed by atoms with Gasteiger partial charge in [-0.15, -0.1) is 12.4 Å². The van der Waals surface area contributed by atoms with E-state index in [9.17, 15) is 4.79 Å². The van der Waals surface area contributed by atoms with Crippen molar-refractivity contribution < 1.29 is 14.3 Å². The Bertz CT molecular complexity index is 592. The third-order valence-corrected chi connectivity index (χ3v) is 5.54. The zero-order chi connectivity index (χ0) is 19.6. The highest BCUT2D eigenvalue weighted by Crippen LogP contribution is 2.27. The summed E-state index contributed by atoms with van der Waals surface area (Å²) in [7, 11) is 5.26. The molecule has 7 heteroatoms. The summed E-state index contributed by atoms with van der Waals surface area (Å²) in [5.74, 6) is 2.34. The van der Waals surface area contributed by atoms with Gasteiger partial charge in [0.05, 0.1) is 20.3 Å². The molecule has 160 valence electrons.